The van der Waals surface area contributed by atoms with E-state index < -0.39 is 6.09 Å². The zero-order chi connectivity index (χ0) is 9.23. The molecule has 1 amide bonds. The van der Waals surface area contributed by atoms with Crippen LogP contribution in [0.1, 0.15) is 32.6 Å². The minimum absolute atomic E-state index is 0.512. The van der Waals surface area contributed by atoms with Gasteiger partial charge in [-0.25, -0.2) is 4.79 Å². The first-order valence-electron chi connectivity index (χ1n) is 4.39. The molecule has 0 heterocycles. The first kappa shape index (κ1) is 11.0. The van der Waals surface area contributed by atoms with Gasteiger partial charge in [0, 0.05) is 6.54 Å². The Bertz CT molecular complexity index is 143. The Labute approximate surface area is 73.5 Å². The molecule has 0 rings (SSSR count). The third-order valence-electron chi connectivity index (χ3n) is 1.48. The summed E-state index contributed by atoms with van der Waals surface area (Å²) in [5, 5.41) is 10.5. The van der Waals surface area contributed by atoms with Crippen molar-refractivity contribution in [3.8, 4) is 0 Å². The molecule has 3 nitrogen and oxygen atoms in total. The van der Waals surface area contributed by atoms with Gasteiger partial charge in [-0.05, 0) is 12.8 Å². The molecule has 0 radical (unpaired) electrons. The normalized spacial score (nSPS) is 10.4. The van der Waals surface area contributed by atoms with Crippen molar-refractivity contribution >= 4 is 6.09 Å². The van der Waals surface area contributed by atoms with Gasteiger partial charge in [0.2, 0.25) is 0 Å². The lowest BCUT2D eigenvalue weighted by Gasteiger charge is -1.94. The number of carboxylic acid groups (broad SMARTS) is 1. The van der Waals surface area contributed by atoms with Crippen molar-refractivity contribution < 1.29 is 9.90 Å². The standard InChI is InChI=1S/C9H17NO2/c1-2-3-4-5-6-7-8-10-9(11)12/h5-6,10H,2-4,7-8H2,1H3,(H,11,12)/b6-5-. The van der Waals surface area contributed by atoms with Crippen molar-refractivity contribution in [1.82, 2.24) is 5.32 Å². The average molecular weight is 171 g/mol. The van der Waals surface area contributed by atoms with E-state index in [0.29, 0.717) is 6.54 Å². The number of allylic oxidation sites excluding steroid dienone is 1. The predicted molar refractivity (Wildman–Crippen MR) is 49.3 cm³/mol. The molecule has 0 aromatic rings. The number of carbonyl (C=O) groups is 1. The number of rotatable bonds is 6. The fraction of sp³-hybridized carbons (Fsp3) is 0.667. The maximum Gasteiger partial charge on any atom is 0.404 e. The number of nitrogens with one attached hydrogen (secondary N) is 1. The van der Waals surface area contributed by atoms with Gasteiger partial charge in [0.15, 0.2) is 0 Å². The van der Waals surface area contributed by atoms with Gasteiger partial charge in [0.1, 0.15) is 0 Å². The zero-order valence-corrected chi connectivity index (χ0v) is 7.55. The van der Waals surface area contributed by atoms with E-state index in [2.05, 4.69) is 18.3 Å². The molecule has 0 atom stereocenters. The Hall–Kier alpha value is -0.990. The summed E-state index contributed by atoms with van der Waals surface area (Å²) in [7, 11) is 0. The summed E-state index contributed by atoms with van der Waals surface area (Å²) < 4.78 is 0. The van der Waals surface area contributed by atoms with E-state index in [1.165, 1.54) is 12.8 Å². The van der Waals surface area contributed by atoms with E-state index in [4.69, 9.17) is 5.11 Å². The quantitative estimate of drug-likeness (QED) is 0.476. The molecular weight excluding hydrogens is 154 g/mol. The lowest BCUT2D eigenvalue weighted by Crippen LogP contribution is -2.21. The lowest BCUT2D eigenvalue weighted by molar-refractivity contribution is 0.194. The van der Waals surface area contributed by atoms with Crippen LogP contribution in [-0.2, 0) is 0 Å². The summed E-state index contributed by atoms with van der Waals surface area (Å²) >= 11 is 0. The van der Waals surface area contributed by atoms with Gasteiger partial charge < -0.3 is 10.4 Å². The average Bonchev–Trinajstić information content (AvgIpc) is 2.02. The van der Waals surface area contributed by atoms with Crippen LogP contribution in [-0.4, -0.2) is 17.7 Å². The van der Waals surface area contributed by atoms with Crippen LogP contribution in [0.25, 0.3) is 0 Å². The van der Waals surface area contributed by atoms with Gasteiger partial charge in [-0.2, -0.15) is 0 Å². The predicted octanol–water partition coefficient (Wildman–Crippen LogP) is 2.39. The van der Waals surface area contributed by atoms with Crippen LogP contribution in [0.2, 0.25) is 0 Å². The van der Waals surface area contributed by atoms with E-state index in [1.54, 1.807) is 0 Å². The molecule has 0 aliphatic heterocycles. The van der Waals surface area contributed by atoms with Gasteiger partial charge in [-0.15, -0.1) is 0 Å². The Balaban J connectivity index is 3.08. The van der Waals surface area contributed by atoms with Crippen molar-refractivity contribution in [3.63, 3.8) is 0 Å². The largest absolute Gasteiger partial charge is 0.465 e. The Morgan fingerprint density at radius 1 is 1.42 bits per heavy atom. The molecule has 2 N–H and O–H groups in total. The van der Waals surface area contributed by atoms with E-state index >= 15 is 0 Å². The van der Waals surface area contributed by atoms with E-state index in [1.807, 2.05) is 6.08 Å². The van der Waals surface area contributed by atoms with Gasteiger partial charge >= 0.3 is 6.09 Å². The summed E-state index contributed by atoms with van der Waals surface area (Å²) in [6.45, 7) is 2.66. The van der Waals surface area contributed by atoms with Gasteiger partial charge in [-0.1, -0.05) is 31.9 Å². The Kier molecular flexibility index (Phi) is 7.44. The van der Waals surface area contributed by atoms with Crippen LogP contribution < -0.4 is 5.32 Å². The number of hydrogen-bond acceptors (Lipinski definition) is 1. The maximum atomic E-state index is 10.00. The summed E-state index contributed by atoms with van der Waals surface area (Å²) in [4.78, 5) is 10.00. The molecule has 0 aliphatic carbocycles. The van der Waals surface area contributed by atoms with E-state index in [-0.39, 0.29) is 0 Å². The van der Waals surface area contributed by atoms with Crippen molar-refractivity contribution in [2.45, 2.75) is 32.6 Å². The van der Waals surface area contributed by atoms with Crippen LogP contribution in [0, 0.1) is 0 Å². The monoisotopic (exact) mass is 171 g/mol. The second-order valence-electron chi connectivity index (χ2n) is 2.63. The van der Waals surface area contributed by atoms with Crippen molar-refractivity contribution in [2.75, 3.05) is 6.54 Å². The lowest BCUT2D eigenvalue weighted by atomic mass is 10.2. The number of hydrogen-bond donors (Lipinski definition) is 2. The van der Waals surface area contributed by atoms with Gasteiger partial charge in [0.25, 0.3) is 0 Å². The molecule has 0 saturated heterocycles. The molecule has 0 fully saturated rings. The highest BCUT2D eigenvalue weighted by molar-refractivity contribution is 5.64. The van der Waals surface area contributed by atoms with E-state index in [9.17, 15) is 4.79 Å². The van der Waals surface area contributed by atoms with Crippen molar-refractivity contribution in [1.29, 1.82) is 0 Å². The highest BCUT2D eigenvalue weighted by Crippen LogP contribution is 1.95. The molecule has 0 spiro atoms. The smallest absolute Gasteiger partial charge is 0.404 e. The van der Waals surface area contributed by atoms with Crippen LogP contribution in [0.4, 0.5) is 4.79 Å². The van der Waals surface area contributed by atoms with Gasteiger partial charge in [0.05, 0.1) is 0 Å². The molecule has 0 aliphatic rings. The second kappa shape index (κ2) is 8.11. The molecule has 0 saturated carbocycles. The highest BCUT2D eigenvalue weighted by atomic mass is 16.4. The Morgan fingerprint density at radius 2 is 2.08 bits per heavy atom. The number of unbranched alkanes of at least 4 members (excludes halogenated alkanes) is 2. The van der Waals surface area contributed by atoms with Crippen LogP contribution >= 0.6 is 0 Å². The minimum Gasteiger partial charge on any atom is -0.465 e. The third kappa shape index (κ3) is 9.01. The molecule has 12 heavy (non-hydrogen) atoms. The fourth-order valence-electron chi connectivity index (χ4n) is 0.820. The van der Waals surface area contributed by atoms with Gasteiger partial charge in [-0.3, -0.25) is 0 Å². The van der Waals surface area contributed by atoms with Crippen LogP contribution in [0.15, 0.2) is 12.2 Å². The third-order valence-corrected chi connectivity index (χ3v) is 1.48. The molecule has 0 aromatic heterocycles. The molecule has 0 bridgehead atoms. The molecular formula is C9H17NO2. The fourth-order valence-corrected chi connectivity index (χ4v) is 0.820. The molecule has 3 heteroatoms. The summed E-state index contributed by atoms with van der Waals surface area (Å²) in [6, 6.07) is 0. The number of amides is 1. The highest BCUT2D eigenvalue weighted by Gasteiger charge is 1.88. The summed E-state index contributed by atoms with van der Waals surface area (Å²) in [5.74, 6) is 0. The minimum atomic E-state index is -0.947. The van der Waals surface area contributed by atoms with Crippen molar-refractivity contribution in [2.24, 2.45) is 0 Å². The van der Waals surface area contributed by atoms with Crippen LogP contribution in [0.5, 0.6) is 0 Å². The van der Waals surface area contributed by atoms with E-state index in [0.717, 1.165) is 12.8 Å². The molecule has 0 aromatic carbocycles. The first-order chi connectivity index (χ1) is 5.77. The molecule has 0 unspecified atom stereocenters. The molecule has 70 valence electrons. The van der Waals surface area contributed by atoms with Crippen LogP contribution in [0.3, 0.4) is 0 Å². The summed E-state index contributed by atoms with van der Waals surface area (Å²) in [6.07, 6.45) is 7.48. The summed E-state index contributed by atoms with van der Waals surface area (Å²) in [5.41, 5.74) is 0. The Morgan fingerprint density at radius 3 is 2.67 bits per heavy atom. The van der Waals surface area contributed by atoms with Crippen molar-refractivity contribution in [3.05, 3.63) is 12.2 Å². The SMILES string of the molecule is CCCC/C=C\CCNC(=O)O. The first-order valence-corrected chi connectivity index (χ1v) is 4.39. The topological polar surface area (TPSA) is 49.3 Å². The zero-order valence-electron chi connectivity index (χ0n) is 7.55. The second-order valence-corrected chi connectivity index (χ2v) is 2.63. The maximum absolute atomic E-state index is 10.00.